The van der Waals surface area contributed by atoms with Gasteiger partial charge in [-0.2, -0.15) is 0 Å². The second-order valence-electron chi connectivity index (χ2n) is 18.6. The molecule has 2 N–H and O–H groups in total. The topological polar surface area (TPSA) is 121 Å². The van der Waals surface area contributed by atoms with Gasteiger partial charge in [0.25, 0.3) is 0 Å². The van der Waals surface area contributed by atoms with E-state index in [1.807, 2.05) is 159 Å². The molecule has 0 aliphatic heterocycles. The van der Waals surface area contributed by atoms with Crippen LogP contribution in [-0.2, 0) is 59.0 Å². The second kappa shape index (κ2) is 48.7. The van der Waals surface area contributed by atoms with Gasteiger partial charge in [0, 0.05) is 21.9 Å². The molecule has 87 heavy (non-hydrogen) atoms. The number of sulfonamides is 2. The number of benzene rings is 6. The van der Waals surface area contributed by atoms with Gasteiger partial charge in [0.1, 0.15) is 20.0 Å². The van der Waals surface area contributed by atoms with Crippen LogP contribution in [0.2, 0.25) is 0 Å². The monoisotopic (exact) mass is 1430 g/mol. The van der Waals surface area contributed by atoms with Gasteiger partial charge in [-0.15, -0.1) is 0 Å². The second-order valence-corrected chi connectivity index (χ2v) is 21.8. The largest absolute Gasteiger partial charge is 4.00 e. The van der Waals surface area contributed by atoms with E-state index in [-0.39, 0.29) is 107 Å². The Hall–Kier alpha value is -5.16. The molecule has 0 saturated carbocycles. The van der Waals surface area contributed by atoms with Crippen LogP contribution in [0, 0.1) is 48.0 Å². The van der Waals surface area contributed by atoms with Crippen LogP contribution in [0.3, 0.4) is 0 Å². The number of rotatable bonds is 22. The van der Waals surface area contributed by atoms with Crippen LogP contribution in [0.5, 0.6) is 0 Å². The van der Waals surface area contributed by atoms with Gasteiger partial charge in [0.15, 0.2) is 0 Å². The number of aryl methyl sites for hydroxylation is 2. The molecule has 6 aromatic rings. The maximum atomic E-state index is 13.4. The number of nitrogens with zero attached hydrogens (tertiary/aromatic N) is 2. The van der Waals surface area contributed by atoms with E-state index in [9.17, 15) is 42.7 Å². The molecule has 0 saturated heterocycles. The van der Waals surface area contributed by atoms with Crippen molar-refractivity contribution in [1.29, 1.82) is 0 Å². The van der Waals surface area contributed by atoms with Crippen molar-refractivity contribution in [3.8, 4) is 0 Å². The Kier molecular flexibility index (Phi) is 50.7. The van der Waals surface area contributed by atoms with E-state index in [1.54, 1.807) is 24.3 Å². The van der Waals surface area contributed by atoms with E-state index in [4.69, 9.17) is 0 Å². The summed E-state index contributed by atoms with van der Waals surface area (Å²) in [6.45, 7) is 5.43. The normalized spacial score (nSPS) is 14.5. The smallest absolute Gasteiger partial charge is 1.00 e. The van der Waals surface area contributed by atoms with Gasteiger partial charge in [-0.05, 0) is 113 Å². The molecule has 8 nitrogen and oxygen atoms in total. The number of nitrogens with one attached hydrogen (secondary N) is 2. The molecule has 0 amide bonds. The molecule has 0 fully saturated rings. The third-order valence-electron chi connectivity index (χ3n) is 12.7. The molecule has 2 aliphatic rings. The standard InChI is InChI=1S/2C30H33N2O2S.2CH4.3CH3.2BF3.2FH.2Ru/c2*1-24-19-21-28(22-20-24)35(33,34)32-30(27-17-9-4-10-18-27)29(26-15-7-3-8-16-26)31-23-11-14-25-12-5-2-6-13-25;;;;;;2*2-1(3)4;;;;/h2*2-10,12,15-22,25,29-31H,11,13-14,23H2,1H3;2*1H4;3*1H3;;;2*1H;;/q2*-1;;;3*-1;;;;;2*+4/p-2/t2*25-,29+,30+;;;;;;;;;;;/m00.........../s1. The van der Waals surface area contributed by atoms with Gasteiger partial charge in [0.2, 0.25) is 0 Å². The summed E-state index contributed by atoms with van der Waals surface area (Å²) in [5, 5.41) is 7.31. The van der Waals surface area contributed by atoms with Crippen molar-refractivity contribution in [2.45, 2.75) is 101 Å². The van der Waals surface area contributed by atoms with Crippen LogP contribution in [0.25, 0.3) is 9.44 Å². The number of hydrogen-bond acceptors (Lipinski definition) is 6. The van der Waals surface area contributed by atoms with E-state index in [0.717, 1.165) is 85.0 Å². The van der Waals surface area contributed by atoms with Gasteiger partial charge >= 0.3 is 54.0 Å². The molecule has 0 aromatic heterocycles. The Balaban J connectivity index is -0.000000419. The fourth-order valence-corrected chi connectivity index (χ4v) is 11.1. The van der Waals surface area contributed by atoms with E-state index in [0.29, 0.717) is 11.8 Å². The zero-order chi connectivity index (χ0) is 56.2. The quantitative estimate of drug-likeness (QED) is 0.0302. The zero-order valence-corrected chi connectivity index (χ0v) is 53.2. The maximum absolute atomic E-state index is 13.4. The van der Waals surface area contributed by atoms with Crippen LogP contribution in [-0.4, -0.2) is 45.0 Å². The molecular formula is C65H83B2F8N4O4Ru2S2+. The molecule has 2 aliphatic carbocycles. The molecule has 8 rings (SSSR count). The molecule has 0 heterocycles. The number of allylic oxidation sites excluding steroid dienone is 8. The Labute approximate surface area is 542 Å². The predicted molar refractivity (Wildman–Crippen MR) is 338 cm³/mol. The maximum Gasteiger partial charge on any atom is 4.00 e. The van der Waals surface area contributed by atoms with Gasteiger partial charge in [-0.3, -0.25) is 25.9 Å². The molecular weight excluding hydrogens is 1340 g/mol. The average molecular weight is 1420 g/mol. The van der Waals surface area contributed by atoms with E-state index in [2.05, 4.69) is 68.7 Å². The van der Waals surface area contributed by atoms with Crippen molar-refractivity contribution >= 4 is 35.1 Å². The number of halogens is 8. The van der Waals surface area contributed by atoms with Crippen LogP contribution >= 0.6 is 0 Å². The van der Waals surface area contributed by atoms with Crippen LogP contribution in [0.15, 0.2) is 228 Å². The van der Waals surface area contributed by atoms with E-state index < -0.39 is 47.2 Å². The summed E-state index contributed by atoms with van der Waals surface area (Å²) in [6.07, 6.45) is 23.7. The summed E-state index contributed by atoms with van der Waals surface area (Å²) in [7, 11) is -15.0. The first-order valence-corrected chi connectivity index (χ1v) is 28.7. The predicted octanol–water partition coefficient (Wildman–Crippen LogP) is 12.5. The molecule has 0 unspecified atom stereocenters. The van der Waals surface area contributed by atoms with Crippen LogP contribution in [0.1, 0.15) is 111 Å². The summed E-state index contributed by atoms with van der Waals surface area (Å²) in [6, 6.07) is 51.5. The molecule has 476 valence electrons. The summed E-state index contributed by atoms with van der Waals surface area (Å²) in [4.78, 5) is 0.431. The summed E-state index contributed by atoms with van der Waals surface area (Å²) < 4.78 is 121. The molecule has 6 atom stereocenters. The zero-order valence-electron chi connectivity index (χ0n) is 48.1. The Morgan fingerprint density at radius 3 is 0.966 bits per heavy atom. The Morgan fingerprint density at radius 2 is 0.713 bits per heavy atom. The van der Waals surface area contributed by atoms with E-state index in [1.165, 1.54) is 0 Å². The molecule has 6 aromatic carbocycles. The third-order valence-corrected chi connectivity index (χ3v) is 15.5. The van der Waals surface area contributed by atoms with Gasteiger partial charge in [0.05, 0.1) is 0 Å². The van der Waals surface area contributed by atoms with Crippen molar-refractivity contribution in [3.05, 3.63) is 284 Å². The minimum atomic E-state index is -3.86. The van der Waals surface area contributed by atoms with Crippen molar-refractivity contribution < 1.29 is 91.1 Å². The minimum absolute atomic E-state index is 0. The molecule has 0 bridgehead atoms. The molecule has 22 heteroatoms. The van der Waals surface area contributed by atoms with Crippen LogP contribution in [0.4, 0.5) is 25.9 Å². The molecule has 0 spiro atoms. The Bertz CT molecular complexity index is 2800. The van der Waals surface area contributed by atoms with Crippen molar-refractivity contribution in [2.75, 3.05) is 13.1 Å². The van der Waals surface area contributed by atoms with Crippen molar-refractivity contribution in [1.82, 2.24) is 10.6 Å². The summed E-state index contributed by atoms with van der Waals surface area (Å²) in [5.41, 5.74) is 5.79. The van der Waals surface area contributed by atoms with Gasteiger partial charge < -0.3 is 51.8 Å². The van der Waals surface area contributed by atoms with Crippen LogP contribution < -0.4 is 20.0 Å². The Morgan fingerprint density at radius 1 is 0.448 bits per heavy atom. The first-order chi connectivity index (χ1) is 37.5. The average Bonchev–Trinajstić information content (AvgIpc) is 3.50. The molecule has 0 radical (unpaired) electrons. The first kappa shape index (κ1) is 90.6. The number of hydrogen-bond donors (Lipinski definition) is 2. The van der Waals surface area contributed by atoms with Gasteiger partial charge in [-0.1, -0.05) is 243 Å². The summed E-state index contributed by atoms with van der Waals surface area (Å²) >= 11 is 0. The summed E-state index contributed by atoms with van der Waals surface area (Å²) in [5.74, 6) is 1.13. The van der Waals surface area contributed by atoms with Gasteiger partial charge in [-0.25, -0.2) is 16.8 Å². The SMILES string of the molecule is C.C.Cc1ccc(S(=O)(=O)[N-][C@H](c2ccccc2)[C@H](NCCC[C@H]2C=CC=CC2)c2ccccc2)cc1.Cc1ccc(S(=O)(=O)[N-][C@H](c2ccccc2)[C@H](NCCC[C@H]2C=CC=CC2)c2ccccc2)cc1.FB(F)F.FB(F)F.[CH3-].[CH3-].[CH3-].[F-].[F-].[Ru+4].[Ru+4]. The third kappa shape index (κ3) is 33.3. The fourth-order valence-electron chi connectivity index (χ4n) is 8.85. The van der Waals surface area contributed by atoms with Crippen molar-refractivity contribution in [3.63, 3.8) is 0 Å². The van der Waals surface area contributed by atoms with Crippen molar-refractivity contribution in [2.24, 2.45) is 11.8 Å². The fraction of sp³-hybridized carbons (Fsp3) is 0.277. The minimum Gasteiger partial charge on any atom is -1.00 e. The van der Waals surface area contributed by atoms with E-state index >= 15 is 0 Å². The first-order valence-electron chi connectivity index (χ1n) is 25.8.